The Morgan fingerprint density at radius 1 is 1.28 bits per heavy atom. The van der Waals surface area contributed by atoms with Gasteiger partial charge in [-0.15, -0.1) is 0 Å². The lowest BCUT2D eigenvalue weighted by Gasteiger charge is -2.12. The Morgan fingerprint density at radius 2 is 2.06 bits per heavy atom. The first kappa shape index (κ1) is 11.1. The molecule has 1 aliphatic rings. The number of ether oxygens (including phenoxy) is 1. The molecule has 94 valence electrons. The van der Waals surface area contributed by atoms with Crippen molar-refractivity contribution in [3.63, 3.8) is 0 Å². The van der Waals surface area contributed by atoms with Crippen LogP contribution in [0, 0.1) is 0 Å². The van der Waals surface area contributed by atoms with E-state index in [0.29, 0.717) is 5.58 Å². The first-order valence-electron chi connectivity index (χ1n) is 6.16. The molecule has 1 aromatic carbocycles. The van der Waals surface area contributed by atoms with Crippen LogP contribution < -0.4 is 4.74 Å². The molecule has 0 unspecified atom stereocenters. The van der Waals surface area contributed by atoms with Crippen molar-refractivity contribution in [1.82, 2.24) is 0 Å². The molecule has 0 bridgehead atoms. The fraction of sp³-hybridized carbons (Fsp3) is 0.357. The second-order valence-electron chi connectivity index (χ2n) is 4.64. The van der Waals surface area contributed by atoms with Gasteiger partial charge >= 0.3 is 5.97 Å². The summed E-state index contributed by atoms with van der Waals surface area (Å²) in [6, 6.07) is 6.98. The number of carbonyl (C=O) groups is 1. The van der Waals surface area contributed by atoms with Gasteiger partial charge in [-0.05, 0) is 43.9 Å². The largest absolute Gasteiger partial charge is 0.490 e. The molecule has 1 aliphatic carbocycles. The van der Waals surface area contributed by atoms with E-state index in [2.05, 4.69) is 0 Å². The molecule has 0 atom stereocenters. The number of rotatable bonds is 3. The number of furan rings is 1. The Morgan fingerprint density at radius 3 is 2.78 bits per heavy atom. The van der Waals surface area contributed by atoms with Gasteiger partial charge in [0.25, 0.3) is 0 Å². The van der Waals surface area contributed by atoms with Crippen molar-refractivity contribution in [2.45, 2.75) is 31.8 Å². The highest BCUT2D eigenvalue weighted by molar-refractivity contribution is 5.91. The average molecular weight is 246 g/mol. The van der Waals surface area contributed by atoms with Crippen LogP contribution in [0.15, 0.2) is 28.7 Å². The second kappa shape index (κ2) is 4.37. The molecule has 4 nitrogen and oxygen atoms in total. The first-order valence-corrected chi connectivity index (χ1v) is 6.16. The average Bonchev–Trinajstić information content (AvgIpc) is 2.96. The predicted octanol–water partition coefficient (Wildman–Crippen LogP) is 3.45. The third-order valence-electron chi connectivity index (χ3n) is 3.31. The van der Waals surface area contributed by atoms with Crippen LogP contribution >= 0.6 is 0 Å². The van der Waals surface area contributed by atoms with Crippen LogP contribution in [0.25, 0.3) is 11.0 Å². The smallest absolute Gasteiger partial charge is 0.371 e. The van der Waals surface area contributed by atoms with Gasteiger partial charge in [0.15, 0.2) is 0 Å². The fourth-order valence-corrected chi connectivity index (χ4v) is 2.39. The van der Waals surface area contributed by atoms with Gasteiger partial charge in [-0.2, -0.15) is 0 Å². The Kier molecular flexibility index (Phi) is 2.70. The Labute approximate surface area is 104 Å². The minimum atomic E-state index is -1.05. The number of carboxylic acids is 1. The zero-order valence-corrected chi connectivity index (χ0v) is 9.89. The van der Waals surface area contributed by atoms with E-state index < -0.39 is 5.97 Å². The summed E-state index contributed by atoms with van der Waals surface area (Å²) in [6.07, 6.45) is 4.91. The summed E-state index contributed by atoms with van der Waals surface area (Å²) in [5.74, 6) is -0.340. The molecular formula is C14H14O4. The molecule has 0 amide bonds. The number of benzene rings is 1. The highest BCUT2D eigenvalue weighted by atomic mass is 16.5. The van der Waals surface area contributed by atoms with Gasteiger partial charge in [0.05, 0.1) is 6.10 Å². The molecule has 1 aromatic heterocycles. The molecule has 18 heavy (non-hydrogen) atoms. The van der Waals surface area contributed by atoms with Gasteiger partial charge in [-0.3, -0.25) is 0 Å². The van der Waals surface area contributed by atoms with Gasteiger partial charge < -0.3 is 14.3 Å². The lowest BCUT2D eigenvalue weighted by Crippen LogP contribution is -2.10. The maximum Gasteiger partial charge on any atom is 0.371 e. The van der Waals surface area contributed by atoms with E-state index in [-0.39, 0.29) is 11.9 Å². The SMILES string of the molecule is O=C(O)c1cc2ccc(OC3CCCC3)cc2o1. The lowest BCUT2D eigenvalue weighted by atomic mass is 10.2. The van der Waals surface area contributed by atoms with Crippen LogP contribution in [-0.4, -0.2) is 17.2 Å². The third-order valence-corrected chi connectivity index (χ3v) is 3.31. The van der Waals surface area contributed by atoms with Crippen LogP contribution in [0.5, 0.6) is 5.75 Å². The second-order valence-corrected chi connectivity index (χ2v) is 4.64. The standard InChI is InChI=1S/C14H14O4/c15-14(16)13-7-9-5-6-11(8-12(9)18-13)17-10-3-1-2-4-10/h5-8,10H,1-4H2,(H,15,16). The molecule has 0 spiro atoms. The van der Waals surface area contributed by atoms with Crippen molar-refractivity contribution in [1.29, 1.82) is 0 Å². The monoisotopic (exact) mass is 246 g/mol. The molecule has 4 heteroatoms. The number of aromatic carboxylic acids is 1. The number of fused-ring (bicyclic) bond motifs is 1. The van der Waals surface area contributed by atoms with Crippen molar-refractivity contribution >= 4 is 16.9 Å². The van der Waals surface area contributed by atoms with E-state index in [0.717, 1.165) is 24.0 Å². The predicted molar refractivity (Wildman–Crippen MR) is 66.1 cm³/mol. The third kappa shape index (κ3) is 2.06. The van der Waals surface area contributed by atoms with E-state index in [1.165, 1.54) is 18.9 Å². The summed E-state index contributed by atoms with van der Waals surface area (Å²) in [5, 5.41) is 9.64. The zero-order valence-electron chi connectivity index (χ0n) is 9.89. The number of carboxylic acid groups (broad SMARTS) is 1. The van der Waals surface area contributed by atoms with Crippen LogP contribution in [-0.2, 0) is 0 Å². The molecule has 1 fully saturated rings. The van der Waals surface area contributed by atoms with Crippen molar-refractivity contribution < 1.29 is 19.1 Å². The minimum absolute atomic E-state index is 0.0389. The first-order chi connectivity index (χ1) is 8.72. The summed E-state index contributed by atoms with van der Waals surface area (Å²) in [7, 11) is 0. The van der Waals surface area contributed by atoms with Gasteiger partial charge in [0.2, 0.25) is 5.76 Å². The molecule has 1 saturated carbocycles. The summed E-state index contributed by atoms with van der Waals surface area (Å²) >= 11 is 0. The van der Waals surface area contributed by atoms with E-state index >= 15 is 0 Å². The Balaban J connectivity index is 1.87. The minimum Gasteiger partial charge on any atom is -0.490 e. The van der Waals surface area contributed by atoms with Crippen LogP contribution in [0.1, 0.15) is 36.2 Å². The van der Waals surface area contributed by atoms with E-state index in [1.54, 1.807) is 6.07 Å². The van der Waals surface area contributed by atoms with Gasteiger partial charge in [0.1, 0.15) is 11.3 Å². The molecule has 2 aromatic rings. The molecule has 1 heterocycles. The topological polar surface area (TPSA) is 59.7 Å². The fourth-order valence-electron chi connectivity index (χ4n) is 2.39. The summed E-state index contributed by atoms with van der Waals surface area (Å²) in [5.41, 5.74) is 0.558. The van der Waals surface area contributed by atoms with Gasteiger partial charge in [-0.1, -0.05) is 0 Å². The molecule has 1 N–H and O–H groups in total. The molecule has 0 aliphatic heterocycles. The summed E-state index contributed by atoms with van der Waals surface area (Å²) < 4.78 is 11.1. The van der Waals surface area contributed by atoms with E-state index in [9.17, 15) is 4.79 Å². The molecule has 3 rings (SSSR count). The quantitative estimate of drug-likeness (QED) is 0.901. The summed E-state index contributed by atoms with van der Waals surface area (Å²) in [4.78, 5) is 10.8. The summed E-state index contributed by atoms with van der Waals surface area (Å²) in [6.45, 7) is 0. The van der Waals surface area contributed by atoms with Crippen LogP contribution in [0.3, 0.4) is 0 Å². The van der Waals surface area contributed by atoms with Gasteiger partial charge in [-0.25, -0.2) is 4.79 Å². The van der Waals surface area contributed by atoms with E-state index in [1.807, 2.05) is 12.1 Å². The van der Waals surface area contributed by atoms with Crippen LogP contribution in [0.4, 0.5) is 0 Å². The van der Waals surface area contributed by atoms with Crippen molar-refractivity contribution in [2.24, 2.45) is 0 Å². The maximum absolute atomic E-state index is 10.8. The molecule has 0 radical (unpaired) electrons. The Bertz CT molecular complexity index is 578. The number of hydrogen-bond acceptors (Lipinski definition) is 3. The Hall–Kier alpha value is -1.97. The highest BCUT2D eigenvalue weighted by Crippen LogP contribution is 2.28. The maximum atomic E-state index is 10.8. The van der Waals surface area contributed by atoms with Crippen molar-refractivity contribution in [3.05, 3.63) is 30.0 Å². The zero-order chi connectivity index (χ0) is 12.5. The number of hydrogen-bond donors (Lipinski definition) is 1. The van der Waals surface area contributed by atoms with Gasteiger partial charge in [0, 0.05) is 11.5 Å². The van der Waals surface area contributed by atoms with E-state index in [4.69, 9.17) is 14.3 Å². The van der Waals surface area contributed by atoms with Crippen molar-refractivity contribution in [2.75, 3.05) is 0 Å². The normalized spacial score (nSPS) is 16.2. The molecule has 0 saturated heterocycles. The lowest BCUT2D eigenvalue weighted by molar-refractivity contribution is 0.0665. The molecular weight excluding hydrogens is 232 g/mol. The van der Waals surface area contributed by atoms with Crippen LogP contribution in [0.2, 0.25) is 0 Å². The van der Waals surface area contributed by atoms with Crippen molar-refractivity contribution in [3.8, 4) is 5.75 Å². The highest BCUT2D eigenvalue weighted by Gasteiger charge is 2.17.